The molecule has 0 aliphatic rings. The van der Waals surface area contributed by atoms with Crippen molar-refractivity contribution < 1.29 is 4.39 Å². The SMILES string of the molecule is Cc1nn(Cc2ccc(F)cc2)c(C)c1NC(=S)NCCc1ccccc1. The first-order valence-electron chi connectivity index (χ1n) is 8.90. The Hall–Kier alpha value is -2.73. The molecule has 2 aromatic carbocycles. The highest BCUT2D eigenvalue weighted by molar-refractivity contribution is 7.80. The number of aryl methyl sites for hydroxylation is 1. The van der Waals surface area contributed by atoms with Crippen LogP contribution in [0.15, 0.2) is 54.6 Å². The van der Waals surface area contributed by atoms with E-state index in [1.807, 2.05) is 36.7 Å². The number of halogens is 1. The summed E-state index contributed by atoms with van der Waals surface area (Å²) in [5.41, 5.74) is 5.05. The molecule has 4 nitrogen and oxygen atoms in total. The largest absolute Gasteiger partial charge is 0.362 e. The Morgan fingerprint density at radius 2 is 1.74 bits per heavy atom. The monoisotopic (exact) mass is 382 g/mol. The van der Waals surface area contributed by atoms with Gasteiger partial charge in [-0.05, 0) is 55.7 Å². The first-order chi connectivity index (χ1) is 13.0. The fourth-order valence-corrected chi connectivity index (χ4v) is 3.12. The Morgan fingerprint density at radius 1 is 1.04 bits per heavy atom. The van der Waals surface area contributed by atoms with Crippen molar-refractivity contribution >= 4 is 23.0 Å². The van der Waals surface area contributed by atoms with Crippen LogP contribution in [0.1, 0.15) is 22.5 Å². The van der Waals surface area contributed by atoms with Crippen LogP contribution in [-0.4, -0.2) is 21.4 Å². The van der Waals surface area contributed by atoms with Crippen LogP contribution in [0.4, 0.5) is 10.1 Å². The molecule has 0 aliphatic carbocycles. The maximum absolute atomic E-state index is 13.1. The second-order valence-corrected chi connectivity index (χ2v) is 6.85. The maximum atomic E-state index is 13.1. The lowest BCUT2D eigenvalue weighted by molar-refractivity contribution is 0.622. The van der Waals surface area contributed by atoms with Crippen molar-refractivity contribution in [3.63, 3.8) is 0 Å². The van der Waals surface area contributed by atoms with Gasteiger partial charge in [-0.25, -0.2) is 4.39 Å². The Kier molecular flexibility index (Phi) is 6.19. The van der Waals surface area contributed by atoms with Gasteiger partial charge in [-0.15, -0.1) is 0 Å². The summed E-state index contributed by atoms with van der Waals surface area (Å²) in [7, 11) is 0. The number of hydrogen-bond donors (Lipinski definition) is 2. The van der Waals surface area contributed by atoms with E-state index in [0.717, 1.165) is 35.6 Å². The molecule has 0 saturated heterocycles. The number of hydrogen-bond acceptors (Lipinski definition) is 2. The van der Waals surface area contributed by atoms with Crippen molar-refractivity contribution in [2.45, 2.75) is 26.8 Å². The zero-order chi connectivity index (χ0) is 19.2. The molecule has 0 aliphatic heterocycles. The average Bonchev–Trinajstić information content (AvgIpc) is 2.92. The van der Waals surface area contributed by atoms with Gasteiger partial charge in [-0.3, -0.25) is 4.68 Å². The van der Waals surface area contributed by atoms with E-state index in [-0.39, 0.29) is 5.82 Å². The predicted octanol–water partition coefficient (Wildman–Crippen LogP) is 4.22. The topological polar surface area (TPSA) is 41.9 Å². The molecule has 0 unspecified atom stereocenters. The lowest BCUT2D eigenvalue weighted by Gasteiger charge is -2.11. The Bertz CT molecular complexity index is 904. The van der Waals surface area contributed by atoms with Crippen LogP contribution in [0, 0.1) is 19.7 Å². The van der Waals surface area contributed by atoms with Crippen molar-refractivity contribution in [1.82, 2.24) is 15.1 Å². The van der Waals surface area contributed by atoms with Gasteiger partial charge in [0, 0.05) is 6.54 Å². The summed E-state index contributed by atoms with van der Waals surface area (Å²) in [6, 6.07) is 16.8. The molecular weight excluding hydrogens is 359 g/mol. The minimum Gasteiger partial charge on any atom is -0.362 e. The van der Waals surface area contributed by atoms with Crippen molar-refractivity contribution in [2.75, 3.05) is 11.9 Å². The zero-order valence-electron chi connectivity index (χ0n) is 15.5. The standard InChI is InChI=1S/C21H23FN4S/c1-15-20(24-21(27)23-13-12-17-6-4-3-5-7-17)16(2)26(25-15)14-18-8-10-19(22)11-9-18/h3-11H,12-14H2,1-2H3,(H2,23,24,27). The van der Waals surface area contributed by atoms with E-state index in [4.69, 9.17) is 12.2 Å². The average molecular weight is 383 g/mol. The molecule has 27 heavy (non-hydrogen) atoms. The summed E-state index contributed by atoms with van der Waals surface area (Å²) in [6.45, 7) is 5.29. The third-order valence-electron chi connectivity index (χ3n) is 4.41. The van der Waals surface area contributed by atoms with Gasteiger partial charge in [0.15, 0.2) is 5.11 Å². The summed E-state index contributed by atoms with van der Waals surface area (Å²) < 4.78 is 15.0. The number of rotatable bonds is 6. The second-order valence-electron chi connectivity index (χ2n) is 6.45. The first kappa shape index (κ1) is 19.0. The molecule has 1 aromatic heterocycles. The van der Waals surface area contributed by atoms with Gasteiger partial charge in [0.2, 0.25) is 0 Å². The van der Waals surface area contributed by atoms with Gasteiger partial charge in [0.1, 0.15) is 5.82 Å². The van der Waals surface area contributed by atoms with Crippen LogP contribution in [0.25, 0.3) is 0 Å². The molecule has 140 valence electrons. The number of anilines is 1. The van der Waals surface area contributed by atoms with E-state index in [9.17, 15) is 4.39 Å². The molecule has 0 radical (unpaired) electrons. The molecule has 0 saturated carbocycles. The highest BCUT2D eigenvalue weighted by atomic mass is 32.1. The highest BCUT2D eigenvalue weighted by Gasteiger charge is 2.13. The number of thiocarbonyl (C=S) groups is 1. The van der Waals surface area contributed by atoms with Crippen LogP contribution in [0.5, 0.6) is 0 Å². The van der Waals surface area contributed by atoms with E-state index in [1.54, 1.807) is 12.1 Å². The molecule has 0 atom stereocenters. The molecule has 0 spiro atoms. The van der Waals surface area contributed by atoms with Crippen LogP contribution >= 0.6 is 12.2 Å². The summed E-state index contributed by atoms with van der Waals surface area (Å²) in [4.78, 5) is 0. The molecule has 3 rings (SSSR count). The van der Waals surface area contributed by atoms with Crippen LogP contribution in [0.2, 0.25) is 0 Å². The first-order valence-corrected chi connectivity index (χ1v) is 9.31. The third kappa shape index (κ3) is 5.14. The second kappa shape index (κ2) is 8.77. The summed E-state index contributed by atoms with van der Waals surface area (Å²) in [6.07, 6.45) is 0.907. The van der Waals surface area contributed by atoms with Crippen molar-refractivity contribution in [1.29, 1.82) is 0 Å². The molecule has 0 fully saturated rings. The van der Waals surface area contributed by atoms with E-state index in [2.05, 4.69) is 27.9 Å². The van der Waals surface area contributed by atoms with E-state index in [1.165, 1.54) is 17.7 Å². The van der Waals surface area contributed by atoms with E-state index >= 15 is 0 Å². The Morgan fingerprint density at radius 3 is 2.44 bits per heavy atom. The van der Waals surface area contributed by atoms with Gasteiger partial charge < -0.3 is 10.6 Å². The summed E-state index contributed by atoms with van der Waals surface area (Å²) >= 11 is 5.42. The van der Waals surface area contributed by atoms with Gasteiger partial charge in [-0.2, -0.15) is 5.10 Å². The van der Waals surface area contributed by atoms with Crippen molar-refractivity contribution in [3.05, 3.63) is 82.9 Å². The number of aromatic nitrogens is 2. The zero-order valence-corrected chi connectivity index (χ0v) is 16.3. The highest BCUT2D eigenvalue weighted by Crippen LogP contribution is 2.20. The molecular formula is C21H23FN4S. The van der Waals surface area contributed by atoms with E-state index in [0.29, 0.717) is 11.7 Å². The lowest BCUT2D eigenvalue weighted by Crippen LogP contribution is -2.30. The molecule has 1 heterocycles. The fraction of sp³-hybridized carbons (Fsp3) is 0.238. The number of nitrogens with one attached hydrogen (secondary N) is 2. The molecule has 6 heteroatoms. The summed E-state index contributed by atoms with van der Waals surface area (Å²) in [5.74, 6) is -0.235. The predicted molar refractivity (Wildman–Crippen MR) is 112 cm³/mol. The Balaban J connectivity index is 1.58. The third-order valence-corrected chi connectivity index (χ3v) is 4.65. The van der Waals surface area contributed by atoms with Crippen molar-refractivity contribution in [2.24, 2.45) is 0 Å². The molecule has 3 aromatic rings. The van der Waals surface area contributed by atoms with Crippen LogP contribution < -0.4 is 10.6 Å². The van der Waals surface area contributed by atoms with Gasteiger partial charge in [-0.1, -0.05) is 42.5 Å². The molecule has 2 N–H and O–H groups in total. The fourth-order valence-electron chi connectivity index (χ4n) is 2.92. The Labute approximate surface area is 164 Å². The summed E-state index contributed by atoms with van der Waals surface area (Å²) in [5, 5.41) is 11.7. The van der Waals surface area contributed by atoms with Gasteiger partial charge in [0.25, 0.3) is 0 Å². The lowest BCUT2D eigenvalue weighted by atomic mass is 10.1. The molecule has 0 bridgehead atoms. The maximum Gasteiger partial charge on any atom is 0.170 e. The minimum atomic E-state index is -0.235. The smallest absolute Gasteiger partial charge is 0.170 e. The molecule has 0 amide bonds. The van der Waals surface area contributed by atoms with Gasteiger partial charge >= 0.3 is 0 Å². The number of nitrogens with zero attached hydrogens (tertiary/aromatic N) is 2. The normalized spacial score (nSPS) is 10.6. The van der Waals surface area contributed by atoms with Gasteiger partial charge in [0.05, 0.1) is 23.6 Å². The number of benzene rings is 2. The van der Waals surface area contributed by atoms with Crippen molar-refractivity contribution in [3.8, 4) is 0 Å². The van der Waals surface area contributed by atoms with Crippen LogP contribution in [-0.2, 0) is 13.0 Å². The van der Waals surface area contributed by atoms with Crippen LogP contribution in [0.3, 0.4) is 0 Å². The van der Waals surface area contributed by atoms with E-state index < -0.39 is 0 Å². The minimum absolute atomic E-state index is 0.235. The quantitative estimate of drug-likeness (QED) is 0.627.